The van der Waals surface area contributed by atoms with E-state index in [1.807, 2.05) is 20.8 Å². The molecule has 0 saturated carbocycles. The third kappa shape index (κ3) is 1.79. The molecule has 0 bridgehead atoms. The summed E-state index contributed by atoms with van der Waals surface area (Å²) in [6.07, 6.45) is 1.18. The van der Waals surface area contributed by atoms with Gasteiger partial charge in [-0.05, 0) is 18.9 Å². The van der Waals surface area contributed by atoms with Crippen molar-refractivity contribution in [3.63, 3.8) is 0 Å². The Kier molecular flexibility index (Phi) is 2.34. The third-order valence-corrected chi connectivity index (χ3v) is 2.21. The molecule has 0 N–H and O–H groups in total. The molecule has 0 amide bonds. The van der Waals surface area contributed by atoms with Crippen molar-refractivity contribution < 1.29 is 4.39 Å². The number of halogens is 1. The SMILES string of the molecule is Cc1nc(C(C)C)c2cc(F)cnc2n1. The van der Waals surface area contributed by atoms with Gasteiger partial charge in [0.15, 0.2) is 5.65 Å². The molecule has 0 unspecified atom stereocenters. The van der Waals surface area contributed by atoms with Gasteiger partial charge in [-0.15, -0.1) is 0 Å². The Morgan fingerprint density at radius 3 is 2.67 bits per heavy atom. The lowest BCUT2D eigenvalue weighted by Gasteiger charge is -2.08. The van der Waals surface area contributed by atoms with Gasteiger partial charge in [0.25, 0.3) is 0 Å². The molecule has 2 heterocycles. The fourth-order valence-electron chi connectivity index (χ4n) is 1.56. The molecule has 3 nitrogen and oxygen atoms in total. The Hall–Kier alpha value is -1.58. The topological polar surface area (TPSA) is 38.7 Å². The molecule has 0 aliphatic carbocycles. The number of nitrogens with zero attached hydrogens (tertiary/aromatic N) is 3. The summed E-state index contributed by atoms with van der Waals surface area (Å²) in [5.41, 5.74) is 1.41. The predicted octanol–water partition coefficient (Wildman–Crippen LogP) is 2.60. The van der Waals surface area contributed by atoms with E-state index in [4.69, 9.17) is 0 Å². The highest BCUT2D eigenvalue weighted by atomic mass is 19.1. The van der Waals surface area contributed by atoms with E-state index >= 15 is 0 Å². The molecule has 0 aliphatic rings. The van der Waals surface area contributed by atoms with Crippen LogP contribution in [-0.4, -0.2) is 15.0 Å². The first kappa shape index (κ1) is 9.96. The lowest BCUT2D eigenvalue weighted by Crippen LogP contribution is -2.01. The van der Waals surface area contributed by atoms with Gasteiger partial charge in [0.1, 0.15) is 11.6 Å². The van der Waals surface area contributed by atoms with Crippen LogP contribution in [0.15, 0.2) is 12.3 Å². The molecule has 4 heteroatoms. The van der Waals surface area contributed by atoms with Crippen LogP contribution in [0.5, 0.6) is 0 Å². The van der Waals surface area contributed by atoms with Crippen LogP contribution in [0.25, 0.3) is 11.0 Å². The summed E-state index contributed by atoms with van der Waals surface area (Å²) in [5.74, 6) is 0.556. The van der Waals surface area contributed by atoms with Crippen molar-refractivity contribution in [1.29, 1.82) is 0 Å². The van der Waals surface area contributed by atoms with Gasteiger partial charge >= 0.3 is 0 Å². The summed E-state index contributed by atoms with van der Waals surface area (Å²) in [6.45, 7) is 5.86. The second kappa shape index (κ2) is 3.53. The van der Waals surface area contributed by atoms with Gasteiger partial charge in [0.05, 0.1) is 11.9 Å². The van der Waals surface area contributed by atoms with E-state index in [1.165, 1.54) is 12.3 Å². The van der Waals surface area contributed by atoms with E-state index in [0.717, 1.165) is 5.69 Å². The standard InChI is InChI=1S/C11H12FN3/c1-6(2)10-9-4-8(12)5-13-11(9)15-7(3)14-10/h4-6H,1-3H3. The van der Waals surface area contributed by atoms with Crippen molar-refractivity contribution in [2.45, 2.75) is 26.7 Å². The molecule has 2 aromatic rings. The predicted molar refractivity (Wildman–Crippen MR) is 56.1 cm³/mol. The quantitative estimate of drug-likeness (QED) is 0.718. The van der Waals surface area contributed by atoms with Crippen LogP contribution in [0.4, 0.5) is 4.39 Å². The summed E-state index contributed by atoms with van der Waals surface area (Å²) >= 11 is 0. The molecule has 0 saturated heterocycles. The Labute approximate surface area is 87.4 Å². The van der Waals surface area contributed by atoms with Crippen molar-refractivity contribution >= 4 is 11.0 Å². The molecule has 2 aromatic heterocycles. The van der Waals surface area contributed by atoms with E-state index in [1.54, 1.807) is 0 Å². The van der Waals surface area contributed by atoms with Crippen LogP contribution < -0.4 is 0 Å². The van der Waals surface area contributed by atoms with E-state index in [2.05, 4.69) is 15.0 Å². The van der Waals surface area contributed by atoms with Crippen LogP contribution >= 0.6 is 0 Å². The second-order valence-electron chi connectivity index (χ2n) is 3.84. The molecular formula is C11H12FN3. The molecule has 15 heavy (non-hydrogen) atoms. The Bertz CT molecular complexity index is 508. The van der Waals surface area contributed by atoms with Crippen LogP contribution in [0.3, 0.4) is 0 Å². The van der Waals surface area contributed by atoms with Crippen molar-refractivity contribution in [2.75, 3.05) is 0 Å². The van der Waals surface area contributed by atoms with Crippen LogP contribution in [-0.2, 0) is 0 Å². The highest BCUT2D eigenvalue weighted by Crippen LogP contribution is 2.21. The first-order valence-electron chi connectivity index (χ1n) is 4.87. The van der Waals surface area contributed by atoms with E-state index in [9.17, 15) is 4.39 Å². The number of fused-ring (bicyclic) bond motifs is 1. The molecule has 78 valence electrons. The zero-order valence-corrected chi connectivity index (χ0v) is 8.95. The van der Waals surface area contributed by atoms with Crippen LogP contribution in [0, 0.1) is 12.7 Å². The van der Waals surface area contributed by atoms with Gasteiger partial charge in [-0.2, -0.15) is 0 Å². The Morgan fingerprint density at radius 2 is 2.00 bits per heavy atom. The minimum absolute atomic E-state index is 0.234. The largest absolute Gasteiger partial charge is 0.237 e. The number of aromatic nitrogens is 3. The molecule has 2 rings (SSSR count). The maximum absolute atomic E-state index is 13.1. The normalized spacial score (nSPS) is 11.3. The molecule has 0 atom stereocenters. The van der Waals surface area contributed by atoms with Crippen LogP contribution in [0.1, 0.15) is 31.3 Å². The number of hydrogen-bond donors (Lipinski definition) is 0. The minimum Gasteiger partial charge on any atom is -0.237 e. The van der Waals surface area contributed by atoms with Gasteiger partial charge < -0.3 is 0 Å². The van der Waals surface area contributed by atoms with E-state index < -0.39 is 0 Å². The number of pyridine rings is 1. The third-order valence-electron chi connectivity index (χ3n) is 2.21. The van der Waals surface area contributed by atoms with E-state index in [-0.39, 0.29) is 11.7 Å². The lowest BCUT2D eigenvalue weighted by molar-refractivity contribution is 0.623. The number of aryl methyl sites for hydroxylation is 1. The molecule has 0 fully saturated rings. The zero-order valence-electron chi connectivity index (χ0n) is 8.95. The first-order valence-corrected chi connectivity index (χ1v) is 4.87. The lowest BCUT2D eigenvalue weighted by atomic mass is 10.1. The molecule has 0 radical (unpaired) electrons. The average Bonchev–Trinajstić information content (AvgIpc) is 2.17. The van der Waals surface area contributed by atoms with Crippen molar-refractivity contribution in [2.24, 2.45) is 0 Å². The fraction of sp³-hybridized carbons (Fsp3) is 0.364. The van der Waals surface area contributed by atoms with Gasteiger partial charge in [0, 0.05) is 5.39 Å². The minimum atomic E-state index is -0.350. The van der Waals surface area contributed by atoms with Crippen molar-refractivity contribution in [1.82, 2.24) is 15.0 Å². The second-order valence-corrected chi connectivity index (χ2v) is 3.84. The summed E-state index contributed by atoms with van der Waals surface area (Å²) < 4.78 is 13.1. The Balaban J connectivity index is 2.81. The highest BCUT2D eigenvalue weighted by molar-refractivity contribution is 5.77. The molecule has 0 aliphatic heterocycles. The number of hydrogen-bond acceptors (Lipinski definition) is 3. The summed E-state index contributed by atoms with van der Waals surface area (Å²) in [6, 6.07) is 1.44. The summed E-state index contributed by atoms with van der Waals surface area (Å²) in [4.78, 5) is 12.5. The summed E-state index contributed by atoms with van der Waals surface area (Å²) in [7, 11) is 0. The first-order chi connectivity index (χ1) is 7.08. The number of rotatable bonds is 1. The average molecular weight is 205 g/mol. The van der Waals surface area contributed by atoms with Gasteiger partial charge in [-0.3, -0.25) is 0 Å². The van der Waals surface area contributed by atoms with Gasteiger partial charge in [-0.1, -0.05) is 13.8 Å². The maximum atomic E-state index is 13.1. The van der Waals surface area contributed by atoms with Crippen molar-refractivity contribution in [3.05, 3.63) is 29.6 Å². The smallest absolute Gasteiger partial charge is 0.163 e. The molecular weight excluding hydrogens is 193 g/mol. The van der Waals surface area contributed by atoms with Gasteiger partial charge in [0.2, 0.25) is 0 Å². The molecule has 0 spiro atoms. The van der Waals surface area contributed by atoms with Crippen molar-refractivity contribution in [3.8, 4) is 0 Å². The maximum Gasteiger partial charge on any atom is 0.163 e. The highest BCUT2D eigenvalue weighted by Gasteiger charge is 2.10. The van der Waals surface area contributed by atoms with E-state index in [0.29, 0.717) is 16.9 Å². The zero-order chi connectivity index (χ0) is 11.0. The molecule has 0 aromatic carbocycles. The summed E-state index contributed by atoms with van der Waals surface area (Å²) in [5, 5.41) is 0.704. The van der Waals surface area contributed by atoms with Gasteiger partial charge in [-0.25, -0.2) is 19.3 Å². The fourth-order valence-corrected chi connectivity index (χ4v) is 1.56. The Morgan fingerprint density at radius 1 is 1.27 bits per heavy atom. The van der Waals surface area contributed by atoms with Crippen LogP contribution in [0.2, 0.25) is 0 Å². The monoisotopic (exact) mass is 205 g/mol.